The Morgan fingerprint density at radius 1 is 1.47 bits per heavy atom. The number of rotatable bonds is 6. The maximum absolute atomic E-state index is 11.5. The van der Waals surface area contributed by atoms with Crippen molar-refractivity contribution in [3.05, 3.63) is 28.7 Å². The topological polar surface area (TPSA) is 50.4 Å². The summed E-state index contributed by atoms with van der Waals surface area (Å²) in [7, 11) is 0. The van der Waals surface area contributed by atoms with Gasteiger partial charge in [0.1, 0.15) is 0 Å². The first kappa shape index (κ1) is 14.0. The molecule has 0 aliphatic heterocycles. The van der Waals surface area contributed by atoms with Crippen molar-refractivity contribution in [3.8, 4) is 0 Å². The average Bonchev–Trinajstić information content (AvgIpc) is 2.29. The normalized spacial score (nSPS) is 10.0. The molecule has 0 saturated heterocycles. The molecule has 17 heavy (non-hydrogen) atoms. The quantitative estimate of drug-likeness (QED) is 0.794. The summed E-state index contributed by atoms with van der Waals surface area (Å²) in [5.41, 5.74) is 0.765. The minimum absolute atomic E-state index is 0.195. The van der Waals surface area contributed by atoms with Crippen LogP contribution in [0.5, 0.6) is 0 Å². The Labute approximate surface area is 110 Å². The van der Waals surface area contributed by atoms with Gasteiger partial charge >= 0.3 is 6.03 Å². The largest absolute Gasteiger partial charge is 0.382 e. The van der Waals surface area contributed by atoms with Gasteiger partial charge in [0.2, 0.25) is 0 Å². The highest BCUT2D eigenvalue weighted by Gasteiger charge is 2.00. The molecule has 0 unspecified atom stereocenters. The molecule has 0 saturated carbocycles. The van der Waals surface area contributed by atoms with E-state index in [1.54, 1.807) is 0 Å². The molecule has 94 valence electrons. The molecule has 1 aromatic rings. The summed E-state index contributed by atoms with van der Waals surface area (Å²) in [4.78, 5) is 11.5. The molecular formula is C12H17BrN2O2. The molecule has 2 amide bonds. The number of nitrogens with one attached hydrogen (secondary N) is 2. The highest BCUT2D eigenvalue weighted by atomic mass is 79.9. The van der Waals surface area contributed by atoms with Gasteiger partial charge in [0.15, 0.2) is 0 Å². The fourth-order valence-corrected chi connectivity index (χ4v) is 1.66. The van der Waals surface area contributed by atoms with E-state index in [0.717, 1.165) is 16.6 Å². The number of ether oxygens (including phenoxy) is 1. The van der Waals surface area contributed by atoms with E-state index < -0.39 is 0 Å². The van der Waals surface area contributed by atoms with Gasteiger partial charge in [-0.2, -0.15) is 0 Å². The summed E-state index contributed by atoms with van der Waals surface area (Å²) in [6, 6.07) is 7.27. The van der Waals surface area contributed by atoms with Crippen LogP contribution in [-0.4, -0.2) is 25.8 Å². The third kappa shape index (κ3) is 6.28. The standard InChI is InChI=1S/C12H17BrN2O2/c1-2-17-8-4-7-14-12(16)15-11-6-3-5-10(13)9-11/h3,5-6,9H,2,4,7-8H2,1H3,(H2,14,15,16). The SMILES string of the molecule is CCOCCCNC(=O)Nc1cccc(Br)c1. The predicted molar refractivity (Wildman–Crippen MR) is 72.3 cm³/mol. The second kappa shape index (κ2) is 8.08. The van der Waals surface area contributed by atoms with Gasteiger partial charge in [-0.15, -0.1) is 0 Å². The van der Waals surface area contributed by atoms with Gasteiger partial charge in [-0.1, -0.05) is 22.0 Å². The lowest BCUT2D eigenvalue weighted by Crippen LogP contribution is -2.30. The number of amides is 2. The minimum Gasteiger partial charge on any atom is -0.382 e. The number of halogens is 1. The van der Waals surface area contributed by atoms with E-state index in [-0.39, 0.29) is 6.03 Å². The van der Waals surface area contributed by atoms with Crippen LogP contribution >= 0.6 is 15.9 Å². The highest BCUT2D eigenvalue weighted by Crippen LogP contribution is 2.15. The Balaban J connectivity index is 2.21. The molecule has 0 bridgehead atoms. The van der Waals surface area contributed by atoms with Crippen molar-refractivity contribution in [2.45, 2.75) is 13.3 Å². The fourth-order valence-electron chi connectivity index (χ4n) is 1.26. The summed E-state index contributed by atoms with van der Waals surface area (Å²) >= 11 is 3.34. The summed E-state index contributed by atoms with van der Waals surface area (Å²) in [6.45, 7) is 3.95. The zero-order valence-corrected chi connectivity index (χ0v) is 11.4. The van der Waals surface area contributed by atoms with Gasteiger partial charge in [-0.3, -0.25) is 0 Å². The number of hydrogen-bond acceptors (Lipinski definition) is 2. The van der Waals surface area contributed by atoms with Gasteiger partial charge < -0.3 is 15.4 Å². The summed E-state index contributed by atoms with van der Waals surface area (Å²) in [5.74, 6) is 0. The van der Waals surface area contributed by atoms with Crippen LogP contribution in [0.1, 0.15) is 13.3 Å². The van der Waals surface area contributed by atoms with Gasteiger partial charge in [-0.05, 0) is 31.5 Å². The third-order valence-corrected chi connectivity index (χ3v) is 2.53. The molecule has 0 spiro atoms. The molecule has 0 aliphatic carbocycles. The molecule has 4 nitrogen and oxygen atoms in total. The zero-order valence-electron chi connectivity index (χ0n) is 9.83. The number of carbonyl (C=O) groups excluding carboxylic acids is 1. The smallest absolute Gasteiger partial charge is 0.319 e. The van der Waals surface area contributed by atoms with E-state index >= 15 is 0 Å². The first-order valence-electron chi connectivity index (χ1n) is 5.60. The van der Waals surface area contributed by atoms with Gasteiger partial charge in [-0.25, -0.2) is 4.79 Å². The van der Waals surface area contributed by atoms with E-state index in [1.807, 2.05) is 31.2 Å². The Morgan fingerprint density at radius 3 is 3.00 bits per heavy atom. The molecule has 5 heteroatoms. The van der Waals surface area contributed by atoms with Crippen molar-refractivity contribution in [1.29, 1.82) is 0 Å². The molecule has 0 fully saturated rings. The predicted octanol–water partition coefficient (Wildman–Crippen LogP) is 3.00. The second-order valence-electron chi connectivity index (χ2n) is 3.44. The number of hydrogen-bond donors (Lipinski definition) is 2. The highest BCUT2D eigenvalue weighted by molar-refractivity contribution is 9.10. The van der Waals surface area contributed by atoms with Crippen LogP contribution in [0.25, 0.3) is 0 Å². The molecule has 1 rings (SSSR count). The first-order chi connectivity index (χ1) is 8.22. The number of carbonyl (C=O) groups is 1. The summed E-state index contributed by atoms with van der Waals surface area (Å²) in [5, 5.41) is 5.52. The van der Waals surface area contributed by atoms with Crippen molar-refractivity contribution in [2.24, 2.45) is 0 Å². The molecule has 0 atom stereocenters. The van der Waals surface area contributed by atoms with Crippen LogP contribution in [0, 0.1) is 0 Å². The van der Waals surface area contributed by atoms with E-state index in [0.29, 0.717) is 19.8 Å². The summed E-state index contributed by atoms with van der Waals surface area (Å²) in [6.07, 6.45) is 0.819. The number of anilines is 1. The lowest BCUT2D eigenvalue weighted by Gasteiger charge is -2.07. The molecular weight excluding hydrogens is 284 g/mol. The zero-order chi connectivity index (χ0) is 12.5. The molecule has 0 aromatic heterocycles. The van der Waals surface area contributed by atoms with Crippen LogP contribution < -0.4 is 10.6 Å². The van der Waals surface area contributed by atoms with Gasteiger partial charge in [0.05, 0.1) is 0 Å². The number of benzene rings is 1. The Morgan fingerprint density at radius 2 is 2.29 bits per heavy atom. The molecule has 1 aromatic carbocycles. The van der Waals surface area contributed by atoms with Gasteiger partial charge in [0.25, 0.3) is 0 Å². The molecule has 2 N–H and O–H groups in total. The van der Waals surface area contributed by atoms with Crippen LogP contribution in [0.2, 0.25) is 0 Å². The fraction of sp³-hybridized carbons (Fsp3) is 0.417. The third-order valence-electron chi connectivity index (χ3n) is 2.04. The summed E-state index contributed by atoms with van der Waals surface area (Å²) < 4.78 is 6.11. The van der Waals surface area contributed by atoms with Crippen molar-refractivity contribution >= 4 is 27.6 Å². The van der Waals surface area contributed by atoms with Crippen molar-refractivity contribution in [2.75, 3.05) is 25.1 Å². The monoisotopic (exact) mass is 300 g/mol. The minimum atomic E-state index is -0.195. The van der Waals surface area contributed by atoms with Crippen LogP contribution in [0.3, 0.4) is 0 Å². The van der Waals surface area contributed by atoms with Crippen LogP contribution in [-0.2, 0) is 4.74 Å². The molecule has 0 heterocycles. The Hall–Kier alpha value is -1.07. The maximum Gasteiger partial charge on any atom is 0.319 e. The van der Waals surface area contributed by atoms with E-state index in [9.17, 15) is 4.79 Å². The second-order valence-corrected chi connectivity index (χ2v) is 4.36. The molecule has 0 radical (unpaired) electrons. The first-order valence-corrected chi connectivity index (χ1v) is 6.40. The Kier molecular flexibility index (Phi) is 6.65. The lowest BCUT2D eigenvalue weighted by molar-refractivity contribution is 0.145. The van der Waals surface area contributed by atoms with E-state index in [4.69, 9.17) is 4.74 Å². The van der Waals surface area contributed by atoms with Crippen molar-refractivity contribution in [3.63, 3.8) is 0 Å². The van der Waals surface area contributed by atoms with Crippen LogP contribution in [0.15, 0.2) is 28.7 Å². The van der Waals surface area contributed by atoms with Crippen molar-refractivity contribution in [1.82, 2.24) is 5.32 Å². The van der Waals surface area contributed by atoms with E-state index in [1.165, 1.54) is 0 Å². The number of urea groups is 1. The lowest BCUT2D eigenvalue weighted by atomic mass is 10.3. The Bertz CT molecular complexity index is 358. The van der Waals surface area contributed by atoms with Crippen LogP contribution in [0.4, 0.5) is 10.5 Å². The maximum atomic E-state index is 11.5. The van der Waals surface area contributed by atoms with Gasteiger partial charge in [0, 0.05) is 29.9 Å². The van der Waals surface area contributed by atoms with E-state index in [2.05, 4.69) is 26.6 Å². The van der Waals surface area contributed by atoms with Crippen molar-refractivity contribution < 1.29 is 9.53 Å². The molecule has 0 aliphatic rings. The average molecular weight is 301 g/mol.